The largest absolute Gasteiger partial charge is 0.393 e. The predicted octanol–water partition coefficient (Wildman–Crippen LogP) is 0.135. The average Bonchev–Trinajstić information content (AvgIpc) is 2.63. The number of hydrogen-bond acceptors (Lipinski definition) is 3. The van der Waals surface area contributed by atoms with E-state index < -0.39 is 0 Å². The molecule has 0 bridgehead atoms. The summed E-state index contributed by atoms with van der Waals surface area (Å²) < 4.78 is 0. The van der Waals surface area contributed by atoms with Crippen molar-refractivity contribution >= 4 is 23.1 Å². The van der Waals surface area contributed by atoms with Gasteiger partial charge in [0.2, 0.25) is 5.91 Å². The maximum atomic E-state index is 11.1. The zero-order valence-corrected chi connectivity index (χ0v) is 9.14. The van der Waals surface area contributed by atoms with Gasteiger partial charge < -0.3 is 16.0 Å². The second-order valence-corrected chi connectivity index (χ2v) is 3.66. The Kier molecular flexibility index (Phi) is 4.76. The van der Waals surface area contributed by atoms with Gasteiger partial charge in [-0.25, -0.2) is 4.98 Å². The number of aromatic amines is 1. The average molecular weight is 226 g/mol. The van der Waals surface area contributed by atoms with Gasteiger partial charge in [-0.1, -0.05) is 12.2 Å². The van der Waals surface area contributed by atoms with E-state index in [1.165, 1.54) is 0 Å². The number of aryl methyl sites for hydroxylation is 1. The van der Waals surface area contributed by atoms with Gasteiger partial charge >= 0.3 is 0 Å². The van der Waals surface area contributed by atoms with Crippen LogP contribution in [-0.4, -0.2) is 27.4 Å². The van der Waals surface area contributed by atoms with E-state index in [4.69, 9.17) is 5.73 Å². The molecule has 0 radical (unpaired) electrons. The van der Waals surface area contributed by atoms with Crippen molar-refractivity contribution in [3.63, 3.8) is 0 Å². The molecule has 15 heavy (non-hydrogen) atoms. The summed E-state index contributed by atoms with van der Waals surface area (Å²) in [5.74, 6) is 0.806. The molecule has 0 aliphatic rings. The van der Waals surface area contributed by atoms with Crippen LogP contribution in [0.5, 0.6) is 0 Å². The zero-order valence-electron chi connectivity index (χ0n) is 8.32. The standard InChI is InChI=1S/C9H14N4OS/c10-7(15)6-9(14)13-3-1-2-8-11-4-5-12-8/h4-5H,1-3,6H2,(H2,10,15)(H,11,12)(H,13,14). The molecule has 1 rings (SSSR count). The lowest BCUT2D eigenvalue weighted by atomic mass is 10.3. The van der Waals surface area contributed by atoms with Crippen molar-refractivity contribution in [1.29, 1.82) is 0 Å². The summed E-state index contributed by atoms with van der Waals surface area (Å²) >= 11 is 4.62. The van der Waals surface area contributed by atoms with Crippen molar-refractivity contribution in [1.82, 2.24) is 15.3 Å². The second kappa shape index (κ2) is 6.13. The van der Waals surface area contributed by atoms with Gasteiger partial charge in [0, 0.05) is 25.4 Å². The molecule has 0 fully saturated rings. The van der Waals surface area contributed by atoms with E-state index in [0.29, 0.717) is 6.54 Å². The van der Waals surface area contributed by atoms with Crippen LogP contribution in [0, 0.1) is 0 Å². The monoisotopic (exact) mass is 226 g/mol. The number of H-pyrrole nitrogens is 1. The number of rotatable bonds is 6. The van der Waals surface area contributed by atoms with Crippen LogP contribution in [0.25, 0.3) is 0 Å². The zero-order chi connectivity index (χ0) is 11.1. The first-order valence-corrected chi connectivity index (χ1v) is 5.12. The molecule has 1 heterocycles. The molecule has 0 aromatic carbocycles. The molecule has 0 saturated carbocycles. The third kappa shape index (κ3) is 5.11. The molecular weight excluding hydrogens is 212 g/mol. The first-order valence-electron chi connectivity index (χ1n) is 4.71. The number of nitrogens with zero attached hydrogens (tertiary/aromatic N) is 1. The van der Waals surface area contributed by atoms with Crippen molar-refractivity contribution in [3.05, 3.63) is 18.2 Å². The van der Waals surface area contributed by atoms with Crippen LogP contribution < -0.4 is 11.1 Å². The van der Waals surface area contributed by atoms with Crippen LogP contribution in [-0.2, 0) is 11.2 Å². The third-order valence-electron chi connectivity index (χ3n) is 1.80. The number of carbonyl (C=O) groups is 1. The van der Waals surface area contributed by atoms with Crippen molar-refractivity contribution in [3.8, 4) is 0 Å². The normalized spacial score (nSPS) is 9.87. The van der Waals surface area contributed by atoms with E-state index >= 15 is 0 Å². The topological polar surface area (TPSA) is 83.8 Å². The highest BCUT2D eigenvalue weighted by Crippen LogP contribution is 1.93. The Labute approximate surface area is 93.5 Å². The minimum Gasteiger partial charge on any atom is -0.393 e. The number of nitrogens with two attached hydrogens (primary N) is 1. The smallest absolute Gasteiger partial charge is 0.226 e. The molecular formula is C9H14N4OS. The number of carbonyl (C=O) groups excluding carboxylic acids is 1. The summed E-state index contributed by atoms with van der Waals surface area (Å²) in [5.41, 5.74) is 5.23. The van der Waals surface area contributed by atoms with E-state index in [2.05, 4.69) is 27.5 Å². The summed E-state index contributed by atoms with van der Waals surface area (Å²) in [4.78, 5) is 18.4. The maximum absolute atomic E-state index is 11.1. The van der Waals surface area contributed by atoms with E-state index in [1.54, 1.807) is 12.4 Å². The SMILES string of the molecule is NC(=S)CC(=O)NCCCc1ncc[nH]1. The summed E-state index contributed by atoms with van der Waals surface area (Å²) in [6.07, 6.45) is 5.27. The third-order valence-corrected chi connectivity index (χ3v) is 1.95. The van der Waals surface area contributed by atoms with Gasteiger partial charge in [-0.05, 0) is 6.42 Å². The lowest BCUT2D eigenvalue weighted by Crippen LogP contribution is -2.28. The van der Waals surface area contributed by atoms with Crippen LogP contribution in [0.15, 0.2) is 12.4 Å². The van der Waals surface area contributed by atoms with Crippen molar-refractivity contribution in [2.24, 2.45) is 5.73 Å². The minimum absolute atomic E-state index is 0.121. The molecule has 0 spiro atoms. The maximum Gasteiger partial charge on any atom is 0.226 e. The van der Waals surface area contributed by atoms with E-state index in [1.807, 2.05) is 0 Å². The van der Waals surface area contributed by atoms with Crippen molar-refractivity contribution in [2.45, 2.75) is 19.3 Å². The Morgan fingerprint density at radius 2 is 2.47 bits per heavy atom. The van der Waals surface area contributed by atoms with Gasteiger partial charge in [-0.3, -0.25) is 4.79 Å². The Balaban J connectivity index is 2.06. The molecule has 1 aromatic heterocycles. The Morgan fingerprint density at radius 1 is 1.67 bits per heavy atom. The molecule has 6 heteroatoms. The number of nitrogens with one attached hydrogen (secondary N) is 2. The highest BCUT2D eigenvalue weighted by atomic mass is 32.1. The Bertz CT molecular complexity index is 323. The van der Waals surface area contributed by atoms with Crippen LogP contribution in [0.3, 0.4) is 0 Å². The first kappa shape index (κ1) is 11.6. The fourth-order valence-electron chi connectivity index (χ4n) is 1.14. The lowest BCUT2D eigenvalue weighted by molar-refractivity contribution is -0.119. The summed E-state index contributed by atoms with van der Waals surface area (Å²) in [6.45, 7) is 0.613. The predicted molar refractivity (Wildman–Crippen MR) is 61.3 cm³/mol. The number of aromatic nitrogens is 2. The molecule has 82 valence electrons. The molecule has 1 aromatic rings. The van der Waals surface area contributed by atoms with Gasteiger partial charge in [0.15, 0.2) is 0 Å². The van der Waals surface area contributed by atoms with Gasteiger partial charge in [-0.15, -0.1) is 0 Å². The minimum atomic E-state index is -0.123. The van der Waals surface area contributed by atoms with E-state index in [-0.39, 0.29) is 17.3 Å². The fourth-order valence-corrected chi connectivity index (χ4v) is 1.27. The fraction of sp³-hybridized carbons (Fsp3) is 0.444. The molecule has 0 unspecified atom stereocenters. The summed E-state index contributed by atoms with van der Waals surface area (Å²) in [5, 5.41) is 2.73. The van der Waals surface area contributed by atoms with Gasteiger partial charge in [0.25, 0.3) is 0 Å². The Morgan fingerprint density at radius 3 is 3.07 bits per heavy atom. The highest BCUT2D eigenvalue weighted by molar-refractivity contribution is 7.80. The molecule has 5 nitrogen and oxygen atoms in total. The summed E-state index contributed by atoms with van der Waals surface area (Å²) in [6, 6.07) is 0. The second-order valence-electron chi connectivity index (χ2n) is 3.13. The number of hydrogen-bond donors (Lipinski definition) is 3. The lowest BCUT2D eigenvalue weighted by Gasteiger charge is -2.03. The van der Waals surface area contributed by atoms with E-state index in [0.717, 1.165) is 18.7 Å². The van der Waals surface area contributed by atoms with Crippen LogP contribution in [0.2, 0.25) is 0 Å². The van der Waals surface area contributed by atoms with Crippen molar-refractivity contribution < 1.29 is 4.79 Å². The highest BCUT2D eigenvalue weighted by Gasteiger charge is 2.02. The van der Waals surface area contributed by atoms with Gasteiger partial charge in [0.05, 0.1) is 11.4 Å². The Hall–Kier alpha value is -1.43. The molecule has 4 N–H and O–H groups in total. The summed E-state index contributed by atoms with van der Waals surface area (Å²) in [7, 11) is 0. The molecule has 1 amide bonds. The van der Waals surface area contributed by atoms with E-state index in [9.17, 15) is 4.79 Å². The van der Waals surface area contributed by atoms with Crippen LogP contribution in [0.1, 0.15) is 18.7 Å². The van der Waals surface area contributed by atoms with Crippen LogP contribution >= 0.6 is 12.2 Å². The molecule has 0 aliphatic heterocycles. The molecule has 0 atom stereocenters. The van der Waals surface area contributed by atoms with Crippen LogP contribution in [0.4, 0.5) is 0 Å². The first-order chi connectivity index (χ1) is 7.18. The molecule has 0 saturated heterocycles. The molecule has 0 aliphatic carbocycles. The van der Waals surface area contributed by atoms with Gasteiger partial charge in [-0.2, -0.15) is 0 Å². The number of thiocarbonyl (C=S) groups is 1. The van der Waals surface area contributed by atoms with Gasteiger partial charge in [0.1, 0.15) is 5.82 Å². The number of amides is 1. The van der Waals surface area contributed by atoms with Crippen molar-refractivity contribution in [2.75, 3.05) is 6.54 Å². The number of imidazole rings is 1. The quantitative estimate of drug-likeness (QED) is 0.476.